The molecule has 26 heavy (non-hydrogen) atoms. The number of nitrogens with two attached hydrogens (primary N) is 1. The Bertz CT molecular complexity index is 880. The summed E-state index contributed by atoms with van der Waals surface area (Å²) < 4.78 is 22.3. The Morgan fingerprint density at radius 3 is 2.58 bits per heavy atom. The second kappa shape index (κ2) is 5.34. The maximum Gasteiger partial charge on any atom is 0.293 e. The highest BCUT2D eigenvalue weighted by molar-refractivity contribution is 6.00. The van der Waals surface area contributed by atoms with Crippen molar-refractivity contribution in [1.82, 2.24) is 0 Å². The third kappa shape index (κ3) is 1.61. The first kappa shape index (κ1) is 16.6. The largest absolute Gasteiger partial charge is 0.493 e. The molecule has 1 saturated carbocycles. The van der Waals surface area contributed by atoms with Gasteiger partial charge >= 0.3 is 0 Å². The summed E-state index contributed by atoms with van der Waals surface area (Å²) >= 11 is 0. The van der Waals surface area contributed by atoms with Gasteiger partial charge in [-0.15, -0.1) is 0 Å². The fraction of sp³-hybridized carbons (Fsp3) is 0.500. The number of aliphatic imine (C=N–C) groups is 1. The first-order chi connectivity index (χ1) is 12.6. The van der Waals surface area contributed by atoms with Crippen LogP contribution in [0.3, 0.4) is 0 Å². The van der Waals surface area contributed by atoms with Crippen molar-refractivity contribution < 1.29 is 18.9 Å². The molecule has 2 fully saturated rings. The number of nitriles is 2. The quantitative estimate of drug-likeness (QED) is 0.864. The van der Waals surface area contributed by atoms with Crippen LogP contribution in [0.4, 0.5) is 0 Å². The molecule has 2 aliphatic heterocycles. The average molecular weight is 354 g/mol. The van der Waals surface area contributed by atoms with Gasteiger partial charge in [0.2, 0.25) is 0 Å². The number of methoxy groups -OCH3 is 1. The van der Waals surface area contributed by atoms with Gasteiger partial charge in [0.15, 0.2) is 16.9 Å². The van der Waals surface area contributed by atoms with E-state index in [4.69, 9.17) is 24.7 Å². The van der Waals surface area contributed by atoms with Crippen LogP contribution in [0.5, 0.6) is 11.5 Å². The van der Waals surface area contributed by atoms with E-state index in [1.807, 2.05) is 13.0 Å². The highest BCUT2D eigenvalue weighted by Gasteiger charge is 2.94. The van der Waals surface area contributed by atoms with Gasteiger partial charge in [0.05, 0.1) is 39.1 Å². The second-order valence-electron chi connectivity index (χ2n) is 6.39. The molecule has 134 valence electrons. The van der Waals surface area contributed by atoms with Crippen LogP contribution in [0.2, 0.25) is 0 Å². The minimum Gasteiger partial charge on any atom is -0.493 e. The van der Waals surface area contributed by atoms with Gasteiger partial charge in [-0.2, -0.15) is 10.5 Å². The van der Waals surface area contributed by atoms with Gasteiger partial charge in [-0.1, -0.05) is 6.07 Å². The third-order valence-electron chi connectivity index (χ3n) is 5.43. The first-order valence-corrected chi connectivity index (χ1v) is 8.34. The Morgan fingerprint density at radius 2 is 2.00 bits per heavy atom. The van der Waals surface area contributed by atoms with Crippen LogP contribution in [0.25, 0.3) is 0 Å². The molecule has 4 rings (SSSR count). The smallest absolute Gasteiger partial charge is 0.293 e. The number of nitrogens with zero attached hydrogens (tertiary/aromatic N) is 3. The molecular weight excluding hydrogens is 336 g/mol. The summed E-state index contributed by atoms with van der Waals surface area (Å²) in [5.41, 5.74) is 4.23. The number of benzene rings is 1. The van der Waals surface area contributed by atoms with Gasteiger partial charge in [0, 0.05) is 5.92 Å². The van der Waals surface area contributed by atoms with Crippen LogP contribution in [0.15, 0.2) is 23.2 Å². The lowest BCUT2D eigenvalue weighted by atomic mass is 9.94. The van der Waals surface area contributed by atoms with Gasteiger partial charge in [-0.05, 0) is 24.6 Å². The summed E-state index contributed by atoms with van der Waals surface area (Å²) in [6.07, 6.45) is 0. The van der Waals surface area contributed by atoms with Crippen LogP contribution < -0.4 is 15.2 Å². The Kier molecular flexibility index (Phi) is 3.42. The zero-order chi connectivity index (χ0) is 18.6. The fourth-order valence-electron chi connectivity index (χ4n) is 4.36. The van der Waals surface area contributed by atoms with Crippen molar-refractivity contribution in [2.24, 2.45) is 21.6 Å². The van der Waals surface area contributed by atoms with Crippen molar-refractivity contribution in [2.45, 2.75) is 18.8 Å². The lowest BCUT2D eigenvalue weighted by Crippen LogP contribution is -2.38. The van der Waals surface area contributed by atoms with Crippen LogP contribution in [-0.2, 0) is 9.47 Å². The molecule has 8 nitrogen and oxygen atoms in total. The Labute approximate surface area is 150 Å². The topological polar surface area (TPSA) is 123 Å². The molecule has 0 radical (unpaired) electrons. The van der Waals surface area contributed by atoms with E-state index in [0.717, 1.165) is 5.56 Å². The van der Waals surface area contributed by atoms with E-state index in [1.165, 1.54) is 7.11 Å². The molecule has 1 aromatic carbocycles. The molecule has 0 bridgehead atoms. The van der Waals surface area contributed by atoms with Crippen molar-refractivity contribution >= 4 is 5.84 Å². The molecular formula is C18H18N4O4. The highest BCUT2D eigenvalue weighted by atomic mass is 16.8. The van der Waals surface area contributed by atoms with Crippen molar-refractivity contribution in [3.05, 3.63) is 23.8 Å². The zero-order valence-electron chi connectivity index (χ0n) is 14.5. The number of fused-ring (bicyclic) bond motifs is 2. The van der Waals surface area contributed by atoms with E-state index < -0.39 is 22.7 Å². The monoisotopic (exact) mass is 354 g/mol. The Morgan fingerprint density at radius 1 is 1.27 bits per heavy atom. The number of rotatable bonds is 4. The van der Waals surface area contributed by atoms with E-state index in [9.17, 15) is 10.5 Å². The van der Waals surface area contributed by atoms with Crippen molar-refractivity contribution in [3.63, 3.8) is 0 Å². The molecule has 0 amide bonds. The summed E-state index contributed by atoms with van der Waals surface area (Å²) in [4.78, 5) is 4.25. The normalized spacial score (nSPS) is 33.1. The van der Waals surface area contributed by atoms with E-state index in [1.54, 1.807) is 12.1 Å². The summed E-state index contributed by atoms with van der Waals surface area (Å²) in [5.74, 6) is -0.885. The highest BCUT2D eigenvalue weighted by Crippen LogP contribution is 2.82. The predicted octanol–water partition coefficient (Wildman–Crippen LogP) is 1.28. The zero-order valence-corrected chi connectivity index (χ0v) is 14.5. The van der Waals surface area contributed by atoms with Gasteiger partial charge in [0.25, 0.3) is 5.91 Å². The molecule has 1 saturated heterocycles. The average Bonchev–Trinajstić information content (AvgIpc) is 2.90. The van der Waals surface area contributed by atoms with Crippen molar-refractivity contribution in [1.29, 1.82) is 10.5 Å². The molecule has 8 heteroatoms. The Balaban J connectivity index is 1.85. The minimum atomic E-state index is -1.53. The molecule has 2 N–H and O–H groups in total. The summed E-state index contributed by atoms with van der Waals surface area (Å²) in [6.45, 7) is 2.96. The lowest BCUT2D eigenvalue weighted by Gasteiger charge is -2.25. The molecule has 1 spiro atoms. The first-order valence-electron chi connectivity index (χ1n) is 8.34. The van der Waals surface area contributed by atoms with Gasteiger partial charge < -0.3 is 24.7 Å². The predicted molar refractivity (Wildman–Crippen MR) is 89.3 cm³/mol. The van der Waals surface area contributed by atoms with Gasteiger partial charge in [0.1, 0.15) is 11.3 Å². The minimum absolute atomic E-state index is 0.0706. The molecule has 2 heterocycles. The summed E-state index contributed by atoms with van der Waals surface area (Å²) in [6, 6.07) is 9.82. The van der Waals surface area contributed by atoms with E-state index in [-0.39, 0.29) is 5.84 Å². The number of amidine groups is 1. The lowest BCUT2D eigenvalue weighted by molar-refractivity contribution is -0.184. The molecule has 3 aliphatic rings. The van der Waals surface area contributed by atoms with Gasteiger partial charge in [-0.3, -0.25) is 0 Å². The maximum absolute atomic E-state index is 10.1. The summed E-state index contributed by atoms with van der Waals surface area (Å²) in [7, 11) is 1.54. The standard InChI is InChI=1S/C18H18N4O4/c1-3-24-12-5-4-11(8-13(12)23-2)14-16(9-19)15(21)22-18(17(14,16)10-20)25-6-7-26-18/h4-5,8,14H,3,6-7H2,1-2H3,(H2,21,22)/t14-,16+,17+/m1/s1. The molecule has 1 aliphatic carbocycles. The van der Waals surface area contributed by atoms with Crippen LogP contribution >= 0.6 is 0 Å². The molecule has 0 aromatic heterocycles. The SMILES string of the molecule is CCOc1ccc([C@@H]2[C@@]3(C#N)C(N)=NC4(OCCO4)[C@@]23C#N)cc1OC. The number of ether oxygens (including phenoxy) is 4. The van der Waals surface area contributed by atoms with Crippen LogP contribution in [0, 0.1) is 33.5 Å². The number of hydrogen-bond acceptors (Lipinski definition) is 8. The van der Waals surface area contributed by atoms with E-state index in [0.29, 0.717) is 31.3 Å². The second-order valence-corrected chi connectivity index (χ2v) is 6.39. The molecule has 3 atom stereocenters. The van der Waals surface area contributed by atoms with E-state index >= 15 is 0 Å². The van der Waals surface area contributed by atoms with Crippen LogP contribution in [0.1, 0.15) is 18.4 Å². The van der Waals surface area contributed by atoms with Crippen molar-refractivity contribution in [2.75, 3.05) is 26.9 Å². The third-order valence-corrected chi connectivity index (χ3v) is 5.43. The number of hydrogen-bond donors (Lipinski definition) is 1. The summed E-state index contributed by atoms with van der Waals surface area (Å²) in [5, 5.41) is 20.0. The fourth-order valence-corrected chi connectivity index (χ4v) is 4.36. The molecule has 1 aromatic rings. The van der Waals surface area contributed by atoms with Gasteiger partial charge in [-0.25, -0.2) is 4.99 Å². The molecule has 0 unspecified atom stereocenters. The Hall–Kier alpha value is -2.81. The van der Waals surface area contributed by atoms with Crippen molar-refractivity contribution in [3.8, 4) is 23.6 Å². The van der Waals surface area contributed by atoms with E-state index in [2.05, 4.69) is 17.1 Å². The maximum atomic E-state index is 10.1. The van der Waals surface area contributed by atoms with Crippen LogP contribution in [-0.4, -0.2) is 38.7 Å².